The van der Waals surface area contributed by atoms with Gasteiger partial charge in [-0.2, -0.15) is 0 Å². The molecule has 3 heterocycles. The van der Waals surface area contributed by atoms with Gasteiger partial charge in [-0.15, -0.1) is 0 Å². The fourth-order valence-corrected chi connectivity index (χ4v) is 2.78. The van der Waals surface area contributed by atoms with Gasteiger partial charge in [0.05, 0.1) is 24.6 Å². The van der Waals surface area contributed by atoms with Crippen molar-refractivity contribution in [2.45, 2.75) is 13.8 Å². The molecule has 1 aliphatic rings. The molecule has 1 aliphatic heterocycles. The average molecular weight is 310 g/mol. The summed E-state index contributed by atoms with van der Waals surface area (Å²) in [6.07, 6.45) is 2.08. The highest BCUT2D eigenvalue weighted by atomic mass is 79.9. The lowest BCUT2D eigenvalue weighted by Crippen LogP contribution is -2.36. The Labute approximate surface area is 115 Å². The van der Waals surface area contributed by atoms with E-state index < -0.39 is 0 Å². The number of aryl methyl sites for hydroxylation is 2. The standard InChI is InChI=1S/C13H16BrN3O/c1-9-10(2)17-8-11(14)7-12(13(17)15-9)16-3-5-18-6-4-16/h7-8H,3-6H2,1-2H3. The summed E-state index contributed by atoms with van der Waals surface area (Å²) in [7, 11) is 0. The topological polar surface area (TPSA) is 29.8 Å². The predicted molar refractivity (Wildman–Crippen MR) is 75.4 cm³/mol. The summed E-state index contributed by atoms with van der Waals surface area (Å²) in [6, 6.07) is 2.15. The second kappa shape index (κ2) is 4.55. The van der Waals surface area contributed by atoms with Crippen molar-refractivity contribution in [3.63, 3.8) is 0 Å². The molecule has 0 aromatic carbocycles. The van der Waals surface area contributed by atoms with Crippen LogP contribution in [0.2, 0.25) is 0 Å². The molecule has 96 valence electrons. The highest BCUT2D eigenvalue weighted by Gasteiger charge is 2.17. The molecule has 0 aliphatic carbocycles. The van der Waals surface area contributed by atoms with Gasteiger partial charge in [-0.1, -0.05) is 0 Å². The lowest BCUT2D eigenvalue weighted by molar-refractivity contribution is 0.123. The van der Waals surface area contributed by atoms with Crippen LogP contribution >= 0.6 is 15.9 Å². The minimum absolute atomic E-state index is 0.789. The smallest absolute Gasteiger partial charge is 0.161 e. The van der Waals surface area contributed by atoms with Gasteiger partial charge in [0.25, 0.3) is 0 Å². The molecule has 0 amide bonds. The third-order valence-corrected chi connectivity index (χ3v) is 3.93. The maximum absolute atomic E-state index is 5.41. The first-order valence-corrected chi connectivity index (χ1v) is 6.93. The van der Waals surface area contributed by atoms with Crippen LogP contribution in [0.5, 0.6) is 0 Å². The quantitative estimate of drug-likeness (QED) is 0.811. The van der Waals surface area contributed by atoms with Crippen LogP contribution in [0.25, 0.3) is 5.65 Å². The van der Waals surface area contributed by atoms with Gasteiger partial charge in [-0.05, 0) is 35.8 Å². The summed E-state index contributed by atoms with van der Waals surface area (Å²) in [5.41, 5.74) is 4.50. The Hall–Kier alpha value is -1.07. The number of hydrogen-bond acceptors (Lipinski definition) is 3. The molecule has 0 atom stereocenters. The number of morpholine rings is 1. The van der Waals surface area contributed by atoms with Crippen molar-refractivity contribution in [1.82, 2.24) is 9.38 Å². The first-order valence-electron chi connectivity index (χ1n) is 6.14. The monoisotopic (exact) mass is 309 g/mol. The van der Waals surface area contributed by atoms with Gasteiger partial charge in [0.15, 0.2) is 5.65 Å². The van der Waals surface area contributed by atoms with Crippen LogP contribution in [0.15, 0.2) is 16.7 Å². The number of nitrogens with zero attached hydrogens (tertiary/aromatic N) is 3. The fourth-order valence-electron chi connectivity index (χ4n) is 2.36. The lowest BCUT2D eigenvalue weighted by Gasteiger charge is -2.29. The Kier molecular flexibility index (Phi) is 3.03. The van der Waals surface area contributed by atoms with E-state index in [9.17, 15) is 0 Å². The fraction of sp³-hybridized carbons (Fsp3) is 0.462. The third-order valence-electron chi connectivity index (χ3n) is 3.49. The van der Waals surface area contributed by atoms with Gasteiger partial charge < -0.3 is 14.0 Å². The van der Waals surface area contributed by atoms with Crippen molar-refractivity contribution in [1.29, 1.82) is 0 Å². The molecule has 1 fully saturated rings. The second-order valence-corrected chi connectivity index (χ2v) is 5.53. The molecule has 18 heavy (non-hydrogen) atoms. The Morgan fingerprint density at radius 2 is 2.00 bits per heavy atom. The summed E-state index contributed by atoms with van der Waals surface area (Å²) in [5, 5.41) is 0. The molecule has 1 saturated heterocycles. The molecule has 0 bridgehead atoms. The molecule has 2 aromatic rings. The molecule has 5 heteroatoms. The van der Waals surface area contributed by atoms with Gasteiger partial charge in [-0.25, -0.2) is 4.98 Å². The highest BCUT2D eigenvalue weighted by molar-refractivity contribution is 9.10. The number of hydrogen-bond donors (Lipinski definition) is 0. The summed E-state index contributed by atoms with van der Waals surface area (Å²) < 4.78 is 8.65. The van der Waals surface area contributed by atoms with E-state index >= 15 is 0 Å². The minimum atomic E-state index is 0.789. The van der Waals surface area contributed by atoms with E-state index in [2.05, 4.69) is 56.3 Å². The van der Waals surface area contributed by atoms with Gasteiger partial charge in [0.2, 0.25) is 0 Å². The van der Waals surface area contributed by atoms with Crippen molar-refractivity contribution in [3.8, 4) is 0 Å². The molecular formula is C13H16BrN3O. The van der Waals surface area contributed by atoms with E-state index in [1.54, 1.807) is 0 Å². The van der Waals surface area contributed by atoms with E-state index in [0.717, 1.165) is 42.1 Å². The minimum Gasteiger partial charge on any atom is -0.378 e. The van der Waals surface area contributed by atoms with E-state index in [0.29, 0.717) is 0 Å². The molecular weight excluding hydrogens is 294 g/mol. The molecule has 0 spiro atoms. The zero-order chi connectivity index (χ0) is 12.7. The van der Waals surface area contributed by atoms with Crippen molar-refractivity contribution in [3.05, 3.63) is 28.1 Å². The van der Waals surface area contributed by atoms with Crippen LogP contribution < -0.4 is 4.90 Å². The summed E-state index contributed by atoms with van der Waals surface area (Å²) in [5.74, 6) is 0. The Morgan fingerprint density at radius 1 is 1.28 bits per heavy atom. The number of fused-ring (bicyclic) bond motifs is 1. The van der Waals surface area contributed by atoms with E-state index in [-0.39, 0.29) is 0 Å². The van der Waals surface area contributed by atoms with Gasteiger partial charge >= 0.3 is 0 Å². The van der Waals surface area contributed by atoms with Crippen LogP contribution in [0.4, 0.5) is 5.69 Å². The lowest BCUT2D eigenvalue weighted by atomic mass is 10.3. The van der Waals surface area contributed by atoms with Crippen LogP contribution in [0, 0.1) is 13.8 Å². The van der Waals surface area contributed by atoms with Crippen LogP contribution in [0.1, 0.15) is 11.4 Å². The van der Waals surface area contributed by atoms with Crippen molar-refractivity contribution >= 4 is 27.3 Å². The largest absolute Gasteiger partial charge is 0.378 e. The molecule has 0 N–H and O–H groups in total. The molecule has 2 aromatic heterocycles. The van der Waals surface area contributed by atoms with Gasteiger partial charge in [0.1, 0.15) is 0 Å². The number of halogens is 1. The van der Waals surface area contributed by atoms with Gasteiger partial charge in [-0.3, -0.25) is 0 Å². The average Bonchev–Trinajstić information content (AvgIpc) is 2.66. The summed E-state index contributed by atoms with van der Waals surface area (Å²) in [6.45, 7) is 7.59. The predicted octanol–water partition coefficient (Wildman–Crippen LogP) is 2.55. The molecule has 3 rings (SSSR count). The van der Waals surface area contributed by atoms with E-state index in [1.165, 1.54) is 11.4 Å². The number of imidazole rings is 1. The highest BCUT2D eigenvalue weighted by Crippen LogP contribution is 2.28. The number of pyridine rings is 1. The molecule has 0 radical (unpaired) electrons. The SMILES string of the molecule is Cc1nc2c(N3CCOCC3)cc(Br)cn2c1C. The second-order valence-electron chi connectivity index (χ2n) is 4.62. The Morgan fingerprint density at radius 3 is 2.72 bits per heavy atom. The van der Waals surface area contributed by atoms with E-state index in [1.807, 2.05) is 0 Å². The molecule has 4 nitrogen and oxygen atoms in total. The van der Waals surface area contributed by atoms with Crippen molar-refractivity contribution < 1.29 is 4.74 Å². The first-order chi connectivity index (χ1) is 8.66. The molecule has 0 saturated carbocycles. The van der Waals surface area contributed by atoms with Gasteiger partial charge in [0, 0.05) is 29.5 Å². The Bertz CT molecular complexity index is 587. The number of anilines is 1. The third kappa shape index (κ3) is 1.91. The zero-order valence-corrected chi connectivity index (χ0v) is 12.2. The van der Waals surface area contributed by atoms with Crippen LogP contribution in [-0.2, 0) is 4.74 Å². The van der Waals surface area contributed by atoms with Crippen LogP contribution in [-0.4, -0.2) is 35.7 Å². The number of rotatable bonds is 1. The van der Waals surface area contributed by atoms with Crippen molar-refractivity contribution in [2.24, 2.45) is 0 Å². The normalized spacial score (nSPS) is 16.5. The first kappa shape index (κ1) is 12.0. The number of ether oxygens (including phenoxy) is 1. The maximum Gasteiger partial charge on any atom is 0.161 e. The van der Waals surface area contributed by atoms with Crippen molar-refractivity contribution in [2.75, 3.05) is 31.2 Å². The summed E-state index contributed by atoms with van der Waals surface area (Å²) in [4.78, 5) is 7.03. The summed E-state index contributed by atoms with van der Waals surface area (Å²) >= 11 is 3.59. The maximum atomic E-state index is 5.41. The number of aromatic nitrogens is 2. The van der Waals surface area contributed by atoms with E-state index in [4.69, 9.17) is 4.74 Å². The zero-order valence-electron chi connectivity index (χ0n) is 10.6. The Balaban J connectivity index is 2.17. The van der Waals surface area contributed by atoms with Crippen LogP contribution in [0.3, 0.4) is 0 Å². The molecule has 0 unspecified atom stereocenters.